The summed E-state index contributed by atoms with van der Waals surface area (Å²) in [5, 5.41) is 9.47. The highest BCUT2D eigenvalue weighted by atomic mass is 32.1. The Balaban J connectivity index is 1.29. The van der Waals surface area contributed by atoms with Crippen molar-refractivity contribution in [3.05, 3.63) is 88.0 Å². The van der Waals surface area contributed by atoms with Crippen LogP contribution in [0.3, 0.4) is 0 Å². The van der Waals surface area contributed by atoms with Crippen LogP contribution in [0, 0.1) is 6.92 Å². The van der Waals surface area contributed by atoms with Crippen molar-refractivity contribution in [1.29, 1.82) is 0 Å². The van der Waals surface area contributed by atoms with Crippen LogP contribution in [-0.2, 0) is 13.0 Å². The van der Waals surface area contributed by atoms with E-state index in [-0.39, 0.29) is 5.91 Å². The topological polar surface area (TPSA) is 63.1 Å². The lowest BCUT2D eigenvalue weighted by Crippen LogP contribution is -2.29. The first-order valence-corrected chi connectivity index (χ1v) is 10.7. The number of hydrogen-bond acceptors (Lipinski definition) is 5. The van der Waals surface area contributed by atoms with E-state index < -0.39 is 0 Å². The van der Waals surface area contributed by atoms with E-state index in [9.17, 15) is 4.79 Å². The van der Waals surface area contributed by atoms with Gasteiger partial charge in [0.25, 0.3) is 5.91 Å². The summed E-state index contributed by atoms with van der Waals surface area (Å²) < 4.78 is 1.67. The lowest BCUT2D eigenvalue weighted by molar-refractivity contribution is 0.102. The second kappa shape index (κ2) is 7.76. The van der Waals surface area contributed by atoms with Gasteiger partial charge < -0.3 is 10.2 Å². The third-order valence-corrected chi connectivity index (χ3v) is 6.44. The summed E-state index contributed by atoms with van der Waals surface area (Å²) in [4.78, 5) is 20.9. The lowest BCUT2D eigenvalue weighted by atomic mass is 10.1. The van der Waals surface area contributed by atoms with Crippen LogP contribution in [0.2, 0.25) is 0 Å². The summed E-state index contributed by atoms with van der Waals surface area (Å²) >= 11 is 1.85. The summed E-state index contributed by atoms with van der Waals surface area (Å²) in [6, 6.07) is 15.9. The average Bonchev–Trinajstić information content (AvgIpc) is 3.41. The molecule has 4 aromatic rings. The molecule has 0 unspecified atom stereocenters. The van der Waals surface area contributed by atoms with Crippen molar-refractivity contribution in [1.82, 2.24) is 14.8 Å². The Labute approximate surface area is 178 Å². The minimum absolute atomic E-state index is 0.177. The highest BCUT2D eigenvalue weighted by Gasteiger charge is 2.18. The first kappa shape index (κ1) is 18.6. The Hall–Kier alpha value is -3.45. The number of benzene rings is 1. The number of amides is 1. The summed E-state index contributed by atoms with van der Waals surface area (Å²) in [7, 11) is 0. The van der Waals surface area contributed by atoms with Gasteiger partial charge in [0.1, 0.15) is 0 Å². The van der Waals surface area contributed by atoms with Crippen molar-refractivity contribution in [3.8, 4) is 5.82 Å². The van der Waals surface area contributed by atoms with Gasteiger partial charge in [0.2, 0.25) is 0 Å². The maximum atomic E-state index is 12.8. The molecule has 3 aromatic heterocycles. The Morgan fingerprint density at radius 2 is 2.00 bits per heavy atom. The fourth-order valence-corrected chi connectivity index (χ4v) is 4.66. The molecule has 0 spiro atoms. The van der Waals surface area contributed by atoms with E-state index in [0.29, 0.717) is 11.4 Å². The average molecular weight is 416 g/mol. The van der Waals surface area contributed by atoms with E-state index in [1.54, 1.807) is 17.1 Å². The zero-order chi connectivity index (χ0) is 20.5. The number of hydrogen-bond donors (Lipinski definition) is 1. The molecule has 0 atom stereocenters. The first-order valence-electron chi connectivity index (χ1n) is 9.87. The largest absolute Gasteiger partial charge is 0.367 e. The van der Waals surface area contributed by atoms with Gasteiger partial charge in [-0.2, -0.15) is 5.10 Å². The number of fused-ring (bicyclic) bond motifs is 1. The molecule has 0 saturated carbocycles. The second-order valence-corrected chi connectivity index (χ2v) is 8.29. The maximum Gasteiger partial charge on any atom is 0.259 e. The predicted molar refractivity (Wildman–Crippen MR) is 120 cm³/mol. The van der Waals surface area contributed by atoms with E-state index in [2.05, 4.69) is 43.9 Å². The van der Waals surface area contributed by atoms with Crippen molar-refractivity contribution in [2.45, 2.75) is 19.9 Å². The monoisotopic (exact) mass is 415 g/mol. The van der Waals surface area contributed by atoms with Crippen molar-refractivity contribution >= 4 is 28.6 Å². The fourth-order valence-electron chi connectivity index (χ4n) is 3.77. The summed E-state index contributed by atoms with van der Waals surface area (Å²) in [6.45, 7) is 3.83. The third kappa shape index (κ3) is 3.48. The zero-order valence-electron chi connectivity index (χ0n) is 16.6. The van der Waals surface area contributed by atoms with Crippen LogP contribution in [-0.4, -0.2) is 27.2 Å². The zero-order valence-corrected chi connectivity index (χ0v) is 17.4. The van der Waals surface area contributed by atoms with Crippen LogP contribution < -0.4 is 10.2 Å². The highest BCUT2D eigenvalue weighted by molar-refractivity contribution is 7.10. The number of nitrogens with one attached hydrogen (secondary N) is 1. The van der Waals surface area contributed by atoms with E-state index in [4.69, 9.17) is 0 Å². The number of carbonyl (C=O) groups is 1. The molecule has 0 radical (unpaired) electrons. The van der Waals surface area contributed by atoms with E-state index in [1.807, 2.05) is 48.6 Å². The lowest BCUT2D eigenvalue weighted by Gasteiger charge is -2.29. The summed E-state index contributed by atoms with van der Waals surface area (Å²) in [5.74, 6) is 0.511. The normalized spacial score (nSPS) is 13.2. The molecule has 5 rings (SSSR count). The van der Waals surface area contributed by atoms with Gasteiger partial charge in [0.15, 0.2) is 5.82 Å². The molecule has 0 saturated heterocycles. The Kier molecular flexibility index (Phi) is 4.80. The number of aromatic nitrogens is 3. The fraction of sp³-hybridized carbons (Fsp3) is 0.174. The number of pyridine rings is 1. The number of nitrogens with zero attached hydrogens (tertiary/aromatic N) is 4. The Morgan fingerprint density at radius 3 is 2.80 bits per heavy atom. The molecule has 7 heteroatoms. The molecule has 0 fully saturated rings. The molecule has 4 heterocycles. The van der Waals surface area contributed by atoms with E-state index >= 15 is 0 Å². The van der Waals surface area contributed by atoms with Gasteiger partial charge in [-0.05, 0) is 66.8 Å². The molecular weight excluding hydrogens is 394 g/mol. The van der Waals surface area contributed by atoms with Gasteiger partial charge in [-0.25, -0.2) is 9.67 Å². The van der Waals surface area contributed by atoms with Crippen LogP contribution in [0.5, 0.6) is 0 Å². The molecule has 1 aromatic carbocycles. The van der Waals surface area contributed by atoms with Gasteiger partial charge in [0.05, 0.1) is 17.5 Å². The third-order valence-electron chi connectivity index (χ3n) is 5.42. The molecule has 150 valence electrons. The van der Waals surface area contributed by atoms with Crippen molar-refractivity contribution < 1.29 is 4.79 Å². The predicted octanol–water partition coefficient (Wildman–Crippen LogP) is 4.45. The van der Waals surface area contributed by atoms with Crippen molar-refractivity contribution in [3.63, 3.8) is 0 Å². The van der Waals surface area contributed by atoms with E-state index in [1.165, 1.54) is 16.1 Å². The summed E-state index contributed by atoms with van der Waals surface area (Å²) in [5.41, 5.74) is 4.64. The number of anilines is 2. The Bertz CT molecular complexity index is 1180. The number of thiophene rings is 1. The van der Waals surface area contributed by atoms with Crippen LogP contribution in [0.25, 0.3) is 5.82 Å². The maximum absolute atomic E-state index is 12.8. The molecule has 1 amide bonds. The van der Waals surface area contributed by atoms with Gasteiger partial charge in [0, 0.05) is 35.5 Å². The van der Waals surface area contributed by atoms with Gasteiger partial charge in [-0.1, -0.05) is 6.07 Å². The second-order valence-electron chi connectivity index (χ2n) is 7.28. The standard InChI is InChI=1S/C23H21N5OS/c1-16-20(14-25-28(16)22-4-2-3-11-24-22)23(29)26-18-5-7-19(8-6-18)27-12-9-21-17(15-27)10-13-30-21/h2-8,10-11,13-14H,9,12,15H2,1H3,(H,26,29). The molecule has 1 N–H and O–H groups in total. The van der Waals surface area contributed by atoms with Gasteiger partial charge >= 0.3 is 0 Å². The quantitative estimate of drug-likeness (QED) is 0.535. The number of rotatable bonds is 4. The molecule has 6 nitrogen and oxygen atoms in total. The van der Waals surface area contributed by atoms with Crippen LogP contribution in [0.15, 0.2) is 66.3 Å². The van der Waals surface area contributed by atoms with Gasteiger partial charge in [-0.3, -0.25) is 4.79 Å². The number of carbonyl (C=O) groups excluding carboxylic acids is 1. The molecular formula is C23H21N5OS. The molecule has 0 bridgehead atoms. The first-order chi connectivity index (χ1) is 14.7. The molecule has 1 aliphatic heterocycles. The van der Waals surface area contributed by atoms with Crippen LogP contribution in [0.4, 0.5) is 11.4 Å². The smallest absolute Gasteiger partial charge is 0.259 e. The van der Waals surface area contributed by atoms with E-state index in [0.717, 1.165) is 30.9 Å². The molecule has 0 aliphatic carbocycles. The van der Waals surface area contributed by atoms with Crippen molar-refractivity contribution in [2.75, 3.05) is 16.8 Å². The van der Waals surface area contributed by atoms with Gasteiger partial charge in [-0.15, -0.1) is 11.3 Å². The Morgan fingerprint density at radius 1 is 1.13 bits per heavy atom. The van der Waals surface area contributed by atoms with Crippen molar-refractivity contribution in [2.24, 2.45) is 0 Å². The van der Waals surface area contributed by atoms with Crippen LogP contribution in [0.1, 0.15) is 26.5 Å². The highest BCUT2D eigenvalue weighted by Crippen LogP contribution is 2.28. The SMILES string of the molecule is Cc1c(C(=O)Nc2ccc(N3CCc4sccc4C3)cc2)cnn1-c1ccccn1. The summed E-state index contributed by atoms with van der Waals surface area (Å²) in [6.07, 6.45) is 4.38. The molecule has 30 heavy (non-hydrogen) atoms. The minimum Gasteiger partial charge on any atom is -0.367 e. The van der Waals surface area contributed by atoms with Crippen LogP contribution >= 0.6 is 11.3 Å². The minimum atomic E-state index is -0.177. The molecule has 1 aliphatic rings.